The van der Waals surface area contributed by atoms with E-state index in [0.29, 0.717) is 11.6 Å². The molecule has 0 spiro atoms. The summed E-state index contributed by atoms with van der Waals surface area (Å²) in [4.78, 5) is 15.8. The zero-order chi connectivity index (χ0) is 10.7. The van der Waals surface area contributed by atoms with E-state index in [2.05, 4.69) is 15.6 Å². The zero-order valence-corrected chi connectivity index (χ0v) is 8.79. The summed E-state index contributed by atoms with van der Waals surface area (Å²) in [5.41, 5.74) is 0.668. The van der Waals surface area contributed by atoms with Crippen molar-refractivity contribution >= 4 is 11.7 Å². The van der Waals surface area contributed by atoms with Gasteiger partial charge in [0.2, 0.25) is 0 Å². The first kappa shape index (κ1) is 9.96. The van der Waals surface area contributed by atoms with Crippen LogP contribution in [0.5, 0.6) is 0 Å². The number of pyridine rings is 1. The number of nitrogens with zero attached hydrogens (tertiary/aromatic N) is 1. The third kappa shape index (κ3) is 2.26. The minimum atomic E-state index is -0.00130. The Hall–Kier alpha value is -1.58. The fourth-order valence-electron chi connectivity index (χ4n) is 1.53. The number of amides is 1. The molecule has 0 radical (unpaired) electrons. The number of aromatic nitrogens is 1. The SMILES string of the molecule is CNc1cc(C(=O)NC2CCC2)ccn1. The molecule has 1 aromatic rings. The molecule has 1 amide bonds. The minimum Gasteiger partial charge on any atom is -0.373 e. The highest BCUT2D eigenvalue weighted by molar-refractivity contribution is 5.95. The Morgan fingerprint density at radius 3 is 2.93 bits per heavy atom. The van der Waals surface area contributed by atoms with Crippen molar-refractivity contribution in [2.45, 2.75) is 25.3 Å². The quantitative estimate of drug-likeness (QED) is 0.784. The molecule has 1 aliphatic rings. The van der Waals surface area contributed by atoms with Gasteiger partial charge < -0.3 is 10.6 Å². The Kier molecular flexibility index (Phi) is 2.85. The highest BCUT2D eigenvalue weighted by Gasteiger charge is 2.20. The number of carbonyl (C=O) groups is 1. The third-order valence-electron chi connectivity index (χ3n) is 2.72. The van der Waals surface area contributed by atoms with Gasteiger partial charge in [0.15, 0.2) is 0 Å². The van der Waals surface area contributed by atoms with Crippen LogP contribution in [0.3, 0.4) is 0 Å². The maximum absolute atomic E-state index is 11.7. The van der Waals surface area contributed by atoms with E-state index >= 15 is 0 Å². The number of hydrogen-bond donors (Lipinski definition) is 2. The van der Waals surface area contributed by atoms with Gasteiger partial charge in [-0.3, -0.25) is 4.79 Å². The van der Waals surface area contributed by atoms with Crippen LogP contribution in [0.1, 0.15) is 29.6 Å². The lowest BCUT2D eigenvalue weighted by molar-refractivity contribution is 0.0917. The summed E-state index contributed by atoms with van der Waals surface area (Å²) in [6.45, 7) is 0. The normalized spacial score (nSPS) is 15.5. The van der Waals surface area contributed by atoms with E-state index in [1.54, 1.807) is 25.4 Å². The highest BCUT2D eigenvalue weighted by Crippen LogP contribution is 2.18. The van der Waals surface area contributed by atoms with Crippen molar-refractivity contribution in [3.63, 3.8) is 0 Å². The molecule has 1 heterocycles. The standard InChI is InChI=1S/C11H15N3O/c1-12-10-7-8(5-6-13-10)11(15)14-9-3-2-4-9/h5-7,9H,2-4H2,1H3,(H,12,13)(H,14,15). The smallest absolute Gasteiger partial charge is 0.251 e. The van der Waals surface area contributed by atoms with Gasteiger partial charge in [-0.25, -0.2) is 4.98 Å². The van der Waals surface area contributed by atoms with Crippen LogP contribution in [0.4, 0.5) is 5.82 Å². The summed E-state index contributed by atoms with van der Waals surface area (Å²) in [5, 5.41) is 5.90. The van der Waals surface area contributed by atoms with E-state index in [-0.39, 0.29) is 5.91 Å². The molecule has 0 aliphatic heterocycles. The average molecular weight is 205 g/mol. The Morgan fingerprint density at radius 2 is 2.33 bits per heavy atom. The number of carbonyl (C=O) groups excluding carboxylic acids is 1. The van der Waals surface area contributed by atoms with Crippen LogP contribution in [0.2, 0.25) is 0 Å². The zero-order valence-electron chi connectivity index (χ0n) is 8.79. The van der Waals surface area contributed by atoms with Crippen molar-refractivity contribution in [2.75, 3.05) is 12.4 Å². The van der Waals surface area contributed by atoms with Crippen LogP contribution in [-0.4, -0.2) is 24.0 Å². The van der Waals surface area contributed by atoms with E-state index in [9.17, 15) is 4.79 Å². The molecule has 1 fully saturated rings. The molecule has 0 unspecified atom stereocenters. The first-order valence-corrected chi connectivity index (χ1v) is 5.24. The fourth-order valence-corrected chi connectivity index (χ4v) is 1.53. The van der Waals surface area contributed by atoms with E-state index in [1.807, 2.05) is 0 Å². The average Bonchev–Trinajstić information content (AvgIpc) is 2.23. The predicted octanol–water partition coefficient (Wildman–Crippen LogP) is 1.41. The van der Waals surface area contributed by atoms with Gasteiger partial charge in [0.1, 0.15) is 5.82 Å². The first-order valence-electron chi connectivity index (χ1n) is 5.24. The molecule has 0 bridgehead atoms. The number of rotatable bonds is 3. The minimum absolute atomic E-state index is 0.00130. The monoisotopic (exact) mass is 205 g/mol. The largest absolute Gasteiger partial charge is 0.373 e. The van der Waals surface area contributed by atoms with Gasteiger partial charge in [-0.1, -0.05) is 0 Å². The molecular formula is C11H15N3O. The second-order valence-electron chi connectivity index (χ2n) is 3.78. The summed E-state index contributed by atoms with van der Waals surface area (Å²) < 4.78 is 0. The van der Waals surface area contributed by atoms with Gasteiger partial charge in [0.05, 0.1) is 0 Å². The van der Waals surface area contributed by atoms with Gasteiger partial charge in [-0.05, 0) is 31.4 Å². The molecule has 2 N–H and O–H groups in total. The van der Waals surface area contributed by atoms with E-state index < -0.39 is 0 Å². The summed E-state index contributed by atoms with van der Waals surface area (Å²) in [5.74, 6) is 0.717. The van der Waals surface area contributed by atoms with Crippen LogP contribution in [0, 0.1) is 0 Å². The van der Waals surface area contributed by atoms with Gasteiger partial charge in [-0.2, -0.15) is 0 Å². The number of nitrogens with one attached hydrogen (secondary N) is 2. The van der Waals surface area contributed by atoms with Gasteiger partial charge in [-0.15, -0.1) is 0 Å². The molecule has 1 saturated carbocycles. The van der Waals surface area contributed by atoms with Crippen LogP contribution >= 0.6 is 0 Å². The summed E-state index contributed by atoms with van der Waals surface area (Å²) in [6, 6.07) is 3.87. The molecule has 80 valence electrons. The van der Waals surface area contributed by atoms with E-state index in [4.69, 9.17) is 0 Å². The molecule has 15 heavy (non-hydrogen) atoms. The third-order valence-corrected chi connectivity index (χ3v) is 2.72. The Balaban J connectivity index is 2.03. The second kappa shape index (κ2) is 4.29. The fraction of sp³-hybridized carbons (Fsp3) is 0.455. The summed E-state index contributed by atoms with van der Waals surface area (Å²) in [6.07, 6.45) is 5.08. The van der Waals surface area contributed by atoms with Crippen LogP contribution < -0.4 is 10.6 Å². The maximum Gasteiger partial charge on any atom is 0.251 e. The molecule has 0 saturated heterocycles. The molecule has 2 rings (SSSR count). The predicted molar refractivity (Wildman–Crippen MR) is 58.9 cm³/mol. The summed E-state index contributed by atoms with van der Waals surface area (Å²) in [7, 11) is 1.79. The molecule has 1 aromatic heterocycles. The summed E-state index contributed by atoms with van der Waals surface area (Å²) >= 11 is 0. The Morgan fingerprint density at radius 1 is 1.53 bits per heavy atom. The lowest BCUT2D eigenvalue weighted by Crippen LogP contribution is -2.39. The molecule has 0 atom stereocenters. The number of hydrogen-bond acceptors (Lipinski definition) is 3. The number of anilines is 1. The van der Waals surface area contributed by atoms with Crippen LogP contribution in [0.15, 0.2) is 18.3 Å². The van der Waals surface area contributed by atoms with E-state index in [1.165, 1.54) is 6.42 Å². The maximum atomic E-state index is 11.7. The van der Waals surface area contributed by atoms with Gasteiger partial charge in [0.25, 0.3) is 5.91 Å². The molecule has 4 nitrogen and oxygen atoms in total. The second-order valence-corrected chi connectivity index (χ2v) is 3.78. The van der Waals surface area contributed by atoms with Crippen molar-refractivity contribution in [3.8, 4) is 0 Å². The molecule has 4 heteroatoms. The van der Waals surface area contributed by atoms with Crippen molar-refractivity contribution in [3.05, 3.63) is 23.9 Å². The Labute approximate surface area is 89.1 Å². The van der Waals surface area contributed by atoms with Gasteiger partial charge in [0, 0.05) is 24.8 Å². The lowest BCUT2D eigenvalue weighted by atomic mass is 9.93. The van der Waals surface area contributed by atoms with E-state index in [0.717, 1.165) is 18.7 Å². The van der Waals surface area contributed by atoms with Crippen molar-refractivity contribution in [1.29, 1.82) is 0 Å². The van der Waals surface area contributed by atoms with Gasteiger partial charge >= 0.3 is 0 Å². The van der Waals surface area contributed by atoms with Crippen LogP contribution in [-0.2, 0) is 0 Å². The lowest BCUT2D eigenvalue weighted by Gasteiger charge is -2.26. The van der Waals surface area contributed by atoms with Crippen molar-refractivity contribution < 1.29 is 4.79 Å². The van der Waals surface area contributed by atoms with Crippen molar-refractivity contribution in [2.24, 2.45) is 0 Å². The Bertz CT molecular complexity index is 361. The van der Waals surface area contributed by atoms with Crippen molar-refractivity contribution in [1.82, 2.24) is 10.3 Å². The van der Waals surface area contributed by atoms with Crippen LogP contribution in [0.25, 0.3) is 0 Å². The molecule has 1 aliphatic carbocycles. The highest BCUT2D eigenvalue weighted by atomic mass is 16.1. The molecular weight excluding hydrogens is 190 g/mol. The first-order chi connectivity index (χ1) is 7.29. The molecule has 0 aromatic carbocycles. The topological polar surface area (TPSA) is 54.0 Å².